The van der Waals surface area contributed by atoms with Crippen LogP contribution in [-0.2, 0) is 9.59 Å². The molecule has 0 aromatic carbocycles. The van der Waals surface area contributed by atoms with E-state index < -0.39 is 12.1 Å². The molecule has 0 spiro atoms. The third kappa shape index (κ3) is 3.00. The maximum Gasteiger partial charge on any atom is 0.334 e. The number of carboxylic acids is 1. The van der Waals surface area contributed by atoms with E-state index in [1.54, 1.807) is 0 Å². The van der Waals surface area contributed by atoms with Gasteiger partial charge in [0, 0.05) is 6.04 Å². The minimum absolute atomic E-state index is 0.204. The molecule has 1 saturated heterocycles. The molecule has 102 valence electrons. The van der Waals surface area contributed by atoms with Crippen LogP contribution in [0.5, 0.6) is 0 Å². The van der Waals surface area contributed by atoms with Gasteiger partial charge in [0.05, 0.1) is 12.6 Å². The Kier molecular flexibility index (Phi) is 4.19. The predicted molar refractivity (Wildman–Crippen MR) is 63.9 cm³/mol. The van der Waals surface area contributed by atoms with Gasteiger partial charge in [-0.05, 0) is 25.2 Å². The van der Waals surface area contributed by atoms with Crippen LogP contribution in [0, 0.1) is 5.92 Å². The van der Waals surface area contributed by atoms with E-state index in [0.717, 1.165) is 12.8 Å². The summed E-state index contributed by atoms with van der Waals surface area (Å²) in [5.74, 6) is -0.952. The molecule has 6 heteroatoms. The highest BCUT2D eigenvalue weighted by molar-refractivity contribution is 5.83. The fourth-order valence-electron chi connectivity index (χ4n) is 2.93. The lowest BCUT2D eigenvalue weighted by Crippen LogP contribution is -2.46. The number of rotatable bonds is 4. The molecule has 1 aliphatic heterocycles. The summed E-state index contributed by atoms with van der Waals surface area (Å²) in [7, 11) is 0. The molecule has 6 nitrogen and oxygen atoms in total. The molecule has 2 aliphatic rings. The number of fused-ring (bicyclic) bond motifs is 1. The van der Waals surface area contributed by atoms with Gasteiger partial charge in [0.2, 0.25) is 5.91 Å². The van der Waals surface area contributed by atoms with E-state index in [1.807, 2.05) is 0 Å². The fourth-order valence-corrected chi connectivity index (χ4v) is 2.93. The summed E-state index contributed by atoms with van der Waals surface area (Å²) in [5.41, 5.74) is 0. The van der Waals surface area contributed by atoms with Crippen LogP contribution in [0.1, 0.15) is 32.1 Å². The minimum atomic E-state index is -1.53. The summed E-state index contributed by atoms with van der Waals surface area (Å²) in [5, 5.41) is 23.4. The van der Waals surface area contributed by atoms with Crippen molar-refractivity contribution in [2.24, 2.45) is 5.92 Å². The first-order valence-corrected chi connectivity index (χ1v) is 6.52. The number of aliphatic carboxylic acids is 1. The van der Waals surface area contributed by atoms with E-state index in [0.29, 0.717) is 12.0 Å². The molecule has 4 atom stereocenters. The molecular formula is C12H20N2O4. The van der Waals surface area contributed by atoms with Gasteiger partial charge in [-0.3, -0.25) is 4.79 Å². The summed E-state index contributed by atoms with van der Waals surface area (Å²) in [6, 6.07) is 0.193. The zero-order chi connectivity index (χ0) is 13.1. The average molecular weight is 256 g/mol. The van der Waals surface area contributed by atoms with Crippen LogP contribution in [0.15, 0.2) is 0 Å². The first-order valence-electron chi connectivity index (χ1n) is 6.52. The third-order valence-electron chi connectivity index (χ3n) is 3.93. The van der Waals surface area contributed by atoms with Gasteiger partial charge in [0.15, 0.2) is 6.10 Å². The standard InChI is InChI=1S/C12H20N2O4/c15-10(12(17)18)6-13-11(16)9-5-7-3-1-2-4-8(7)14-9/h7-10,14-15H,1-6H2,(H,13,16)(H,17,18). The Morgan fingerprint density at radius 2 is 2.06 bits per heavy atom. The number of carbonyl (C=O) groups is 2. The topological polar surface area (TPSA) is 98.7 Å². The number of carboxylic acid groups (broad SMARTS) is 1. The highest BCUT2D eigenvalue weighted by Crippen LogP contribution is 2.33. The van der Waals surface area contributed by atoms with Crippen LogP contribution in [0.4, 0.5) is 0 Å². The van der Waals surface area contributed by atoms with Gasteiger partial charge >= 0.3 is 5.97 Å². The summed E-state index contributed by atoms with van der Waals surface area (Å²) in [6.45, 7) is -0.234. The Morgan fingerprint density at radius 1 is 1.33 bits per heavy atom. The van der Waals surface area contributed by atoms with E-state index in [9.17, 15) is 9.59 Å². The average Bonchev–Trinajstić information content (AvgIpc) is 2.79. The van der Waals surface area contributed by atoms with Gasteiger partial charge in [0.25, 0.3) is 0 Å². The Morgan fingerprint density at radius 3 is 2.72 bits per heavy atom. The number of aliphatic hydroxyl groups is 1. The first kappa shape index (κ1) is 13.3. The minimum Gasteiger partial charge on any atom is -0.479 e. The van der Waals surface area contributed by atoms with Gasteiger partial charge in [-0.1, -0.05) is 12.8 Å². The number of amides is 1. The zero-order valence-electron chi connectivity index (χ0n) is 10.3. The van der Waals surface area contributed by atoms with Gasteiger partial charge < -0.3 is 20.8 Å². The van der Waals surface area contributed by atoms with Crippen molar-refractivity contribution in [3.63, 3.8) is 0 Å². The smallest absolute Gasteiger partial charge is 0.334 e. The molecule has 4 unspecified atom stereocenters. The molecule has 4 N–H and O–H groups in total. The second kappa shape index (κ2) is 5.67. The molecule has 1 heterocycles. The largest absolute Gasteiger partial charge is 0.479 e. The molecule has 0 aromatic heterocycles. The maximum absolute atomic E-state index is 11.8. The molecule has 1 amide bonds. The molecule has 1 aliphatic carbocycles. The number of aliphatic hydroxyl groups excluding tert-OH is 1. The normalized spacial score (nSPS) is 32.6. The monoisotopic (exact) mass is 256 g/mol. The van der Waals surface area contributed by atoms with Crippen LogP contribution in [0.2, 0.25) is 0 Å². The van der Waals surface area contributed by atoms with Gasteiger partial charge in [-0.15, -0.1) is 0 Å². The van der Waals surface area contributed by atoms with Crippen molar-refractivity contribution in [1.82, 2.24) is 10.6 Å². The number of hydrogen-bond donors (Lipinski definition) is 4. The summed E-state index contributed by atoms with van der Waals surface area (Å²) < 4.78 is 0. The molecule has 18 heavy (non-hydrogen) atoms. The Bertz CT molecular complexity index is 320. The number of nitrogens with one attached hydrogen (secondary N) is 2. The van der Waals surface area contributed by atoms with Crippen molar-refractivity contribution < 1.29 is 19.8 Å². The van der Waals surface area contributed by atoms with E-state index in [2.05, 4.69) is 10.6 Å². The Hall–Kier alpha value is -1.14. The summed E-state index contributed by atoms with van der Waals surface area (Å²) in [6.07, 6.45) is 4.01. The second-order valence-corrected chi connectivity index (χ2v) is 5.21. The van der Waals surface area contributed by atoms with Gasteiger partial charge in [-0.25, -0.2) is 4.79 Å². The van der Waals surface area contributed by atoms with E-state index in [4.69, 9.17) is 10.2 Å². The van der Waals surface area contributed by atoms with Crippen molar-refractivity contribution in [2.75, 3.05) is 6.54 Å². The van der Waals surface area contributed by atoms with E-state index >= 15 is 0 Å². The SMILES string of the molecule is O=C(O)C(O)CNC(=O)C1CC2CCCCC2N1. The number of carbonyl (C=O) groups excluding carboxylic acids is 1. The lowest BCUT2D eigenvalue weighted by molar-refractivity contribution is -0.146. The molecule has 0 aromatic rings. The quantitative estimate of drug-likeness (QED) is 0.542. The van der Waals surface area contributed by atoms with Crippen molar-refractivity contribution in [1.29, 1.82) is 0 Å². The predicted octanol–water partition coefficient (Wildman–Crippen LogP) is -0.531. The van der Waals surface area contributed by atoms with Crippen molar-refractivity contribution in [2.45, 2.75) is 50.3 Å². The highest BCUT2D eigenvalue weighted by atomic mass is 16.4. The van der Waals surface area contributed by atoms with Gasteiger partial charge in [0.1, 0.15) is 0 Å². The third-order valence-corrected chi connectivity index (χ3v) is 3.93. The van der Waals surface area contributed by atoms with Crippen LogP contribution < -0.4 is 10.6 Å². The van der Waals surface area contributed by atoms with Crippen molar-refractivity contribution in [3.8, 4) is 0 Å². The Balaban J connectivity index is 1.78. The van der Waals surface area contributed by atoms with Crippen LogP contribution >= 0.6 is 0 Å². The molecule has 1 saturated carbocycles. The van der Waals surface area contributed by atoms with Crippen molar-refractivity contribution in [3.05, 3.63) is 0 Å². The van der Waals surface area contributed by atoms with Crippen LogP contribution in [0.25, 0.3) is 0 Å². The summed E-state index contributed by atoms with van der Waals surface area (Å²) in [4.78, 5) is 22.3. The second-order valence-electron chi connectivity index (χ2n) is 5.21. The lowest BCUT2D eigenvalue weighted by atomic mass is 9.85. The molecular weight excluding hydrogens is 236 g/mol. The molecule has 0 bridgehead atoms. The molecule has 2 rings (SSSR count). The van der Waals surface area contributed by atoms with Gasteiger partial charge in [-0.2, -0.15) is 0 Å². The highest BCUT2D eigenvalue weighted by Gasteiger charge is 2.38. The molecule has 0 radical (unpaired) electrons. The van der Waals surface area contributed by atoms with Crippen molar-refractivity contribution >= 4 is 11.9 Å². The lowest BCUT2D eigenvalue weighted by Gasteiger charge is -2.24. The van der Waals surface area contributed by atoms with E-state index in [1.165, 1.54) is 19.3 Å². The Labute approximate surface area is 106 Å². The summed E-state index contributed by atoms with van der Waals surface area (Å²) >= 11 is 0. The van der Waals surface area contributed by atoms with Crippen LogP contribution in [-0.4, -0.2) is 46.8 Å². The van der Waals surface area contributed by atoms with Crippen LogP contribution in [0.3, 0.4) is 0 Å². The van der Waals surface area contributed by atoms with E-state index in [-0.39, 0.29) is 18.5 Å². The fraction of sp³-hybridized carbons (Fsp3) is 0.833. The zero-order valence-corrected chi connectivity index (χ0v) is 10.3. The first-order chi connectivity index (χ1) is 8.58. The number of hydrogen-bond acceptors (Lipinski definition) is 4. The molecule has 2 fully saturated rings. The maximum atomic E-state index is 11.8.